The molecule has 1 aliphatic heterocycles. The summed E-state index contributed by atoms with van der Waals surface area (Å²) in [5, 5.41) is 3.08. The summed E-state index contributed by atoms with van der Waals surface area (Å²) in [6.45, 7) is 6.78. The summed E-state index contributed by atoms with van der Waals surface area (Å²) in [5.74, 6) is 0.645. The summed E-state index contributed by atoms with van der Waals surface area (Å²) in [5.41, 5.74) is 0.930. The molecule has 5 nitrogen and oxygen atoms in total. The van der Waals surface area contributed by atoms with Crippen LogP contribution in [-0.2, 0) is 6.54 Å². The van der Waals surface area contributed by atoms with Crippen LogP contribution in [0.3, 0.4) is 0 Å². The first-order chi connectivity index (χ1) is 10.1. The highest BCUT2D eigenvalue weighted by atomic mass is 19.1. The third-order valence-electron chi connectivity index (χ3n) is 3.81. The Morgan fingerprint density at radius 1 is 1.29 bits per heavy atom. The fraction of sp³-hybridized carbons (Fsp3) is 0.667. The van der Waals surface area contributed by atoms with Crippen molar-refractivity contribution in [3.8, 4) is 0 Å². The zero-order valence-electron chi connectivity index (χ0n) is 13.3. The molecule has 0 spiro atoms. The zero-order chi connectivity index (χ0) is 15.2. The largest absolute Gasteiger partial charge is 0.354 e. The van der Waals surface area contributed by atoms with Gasteiger partial charge in [-0.1, -0.05) is 0 Å². The van der Waals surface area contributed by atoms with Crippen LogP contribution in [0.25, 0.3) is 0 Å². The van der Waals surface area contributed by atoms with Gasteiger partial charge in [0, 0.05) is 51.4 Å². The van der Waals surface area contributed by atoms with Gasteiger partial charge in [-0.3, -0.25) is 4.90 Å². The van der Waals surface area contributed by atoms with Gasteiger partial charge in [-0.2, -0.15) is 0 Å². The monoisotopic (exact) mass is 295 g/mol. The van der Waals surface area contributed by atoms with Crippen LogP contribution in [0.2, 0.25) is 0 Å². The van der Waals surface area contributed by atoms with Crippen molar-refractivity contribution in [2.24, 2.45) is 0 Å². The van der Waals surface area contributed by atoms with Gasteiger partial charge in [0.2, 0.25) is 0 Å². The smallest absolute Gasteiger partial charge is 0.141 e. The Labute approximate surface area is 126 Å². The highest BCUT2D eigenvalue weighted by molar-refractivity contribution is 5.47. The second-order valence-electron chi connectivity index (χ2n) is 5.80. The number of pyridine rings is 1. The van der Waals surface area contributed by atoms with Gasteiger partial charge in [0.15, 0.2) is 0 Å². The molecule has 118 valence electrons. The molecule has 2 rings (SSSR count). The van der Waals surface area contributed by atoms with Gasteiger partial charge in [0.1, 0.15) is 11.6 Å². The highest BCUT2D eigenvalue weighted by Gasteiger charge is 2.20. The first-order valence-corrected chi connectivity index (χ1v) is 7.51. The highest BCUT2D eigenvalue weighted by Crippen LogP contribution is 2.20. The van der Waals surface area contributed by atoms with E-state index in [1.807, 2.05) is 7.05 Å². The van der Waals surface area contributed by atoms with Gasteiger partial charge in [0.25, 0.3) is 0 Å². The molecule has 0 bridgehead atoms. The van der Waals surface area contributed by atoms with Crippen LogP contribution in [0.5, 0.6) is 0 Å². The Balaban J connectivity index is 1.95. The van der Waals surface area contributed by atoms with Crippen LogP contribution in [0.4, 0.5) is 10.2 Å². The van der Waals surface area contributed by atoms with E-state index < -0.39 is 0 Å². The molecular formula is C15H26FN5. The molecule has 0 atom stereocenters. The fourth-order valence-corrected chi connectivity index (χ4v) is 2.60. The molecule has 0 radical (unpaired) electrons. The molecule has 1 aromatic rings. The van der Waals surface area contributed by atoms with Crippen molar-refractivity contribution in [2.75, 3.05) is 65.3 Å². The normalized spacial score (nSPS) is 16.7. The molecule has 6 heteroatoms. The van der Waals surface area contributed by atoms with Crippen LogP contribution in [0, 0.1) is 5.82 Å². The number of nitrogens with zero attached hydrogens (tertiary/aromatic N) is 4. The summed E-state index contributed by atoms with van der Waals surface area (Å²) in [6.07, 6.45) is 1.31. The molecule has 1 N–H and O–H groups in total. The molecule has 0 unspecified atom stereocenters. The maximum atomic E-state index is 13.4. The number of aromatic nitrogens is 1. The molecule has 2 heterocycles. The molecule has 0 aromatic carbocycles. The lowest BCUT2D eigenvalue weighted by Gasteiger charge is -2.36. The molecule has 0 aliphatic carbocycles. The van der Waals surface area contributed by atoms with Gasteiger partial charge >= 0.3 is 0 Å². The topological polar surface area (TPSA) is 34.6 Å². The van der Waals surface area contributed by atoms with E-state index in [2.05, 4.69) is 39.1 Å². The van der Waals surface area contributed by atoms with E-state index in [0.717, 1.165) is 50.6 Å². The average Bonchev–Trinajstić information content (AvgIpc) is 2.46. The fourth-order valence-electron chi connectivity index (χ4n) is 2.60. The Morgan fingerprint density at radius 3 is 2.62 bits per heavy atom. The van der Waals surface area contributed by atoms with E-state index in [1.54, 1.807) is 6.07 Å². The molecule has 21 heavy (non-hydrogen) atoms. The third-order valence-corrected chi connectivity index (χ3v) is 3.81. The summed E-state index contributed by atoms with van der Waals surface area (Å²) in [7, 11) is 6.07. The number of halogens is 1. The maximum absolute atomic E-state index is 13.4. The molecular weight excluding hydrogens is 269 g/mol. The van der Waals surface area contributed by atoms with E-state index in [9.17, 15) is 4.39 Å². The summed E-state index contributed by atoms with van der Waals surface area (Å²) < 4.78 is 13.4. The number of rotatable bonds is 6. The van der Waals surface area contributed by atoms with Gasteiger partial charge in [-0.05, 0) is 27.2 Å². The van der Waals surface area contributed by atoms with E-state index in [-0.39, 0.29) is 5.82 Å². The minimum absolute atomic E-state index is 0.270. The van der Waals surface area contributed by atoms with Crippen LogP contribution >= 0.6 is 0 Å². The number of nitrogens with one attached hydrogen (secondary N) is 1. The van der Waals surface area contributed by atoms with Crippen molar-refractivity contribution >= 4 is 5.82 Å². The minimum atomic E-state index is -0.270. The van der Waals surface area contributed by atoms with Crippen LogP contribution in [0.1, 0.15) is 5.56 Å². The minimum Gasteiger partial charge on any atom is -0.354 e. The Hall–Kier alpha value is -1.24. The SMILES string of the molecule is CNCc1cc(F)cnc1N1CCN(CCN(C)C)CC1. The van der Waals surface area contributed by atoms with Crippen molar-refractivity contribution in [1.29, 1.82) is 0 Å². The average molecular weight is 295 g/mol. The number of hydrogen-bond acceptors (Lipinski definition) is 5. The molecule has 1 saturated heterocycles. The first-order valence-electron chi connectivity index (χ1n) is 7.51. The maximum Gasteiger partial charge on any atom is 0.141 e. The van der Waals surface area contributed by atoms with E-state index in [1.165, 1.54) is 6.20 Å². The Bertz CT molecular complexity index is 444. The van der Waals surface area contributed by atoms with Gasteiger partial charge in [-0.25, -0.2) is 9.37 Å². The van der Waals surface area contributed by atoms with Crippen molar-refractivity contribution in [3.05, 3.63) is 23.6 Å². The van der Waals surface area contributed by atoms with Crippen molar-refractivity contribution < 1.29 is 4.39 Å². The van der Waals surface area contributed by atoms with E-state index in [4.69, 9.17) is 0 Å². The quantitative estimate of drug-likeness (QED) is 0.832. The van der Waals surface area contributed by atoms with E-state index in [0.29, 0.717) is 6.54 Å². The Morgan fingerprint density at radius 2 is 2.00 bits per heavy atom. The first kappa shape index (κ1) is 16.1. The molecule has 0 amide bonds. The van der Waals surface area contributed by atoms with Gasteiger partial charge < -0.3 is 15.1 Å². The zero-order valence-corrected chi connectivity index (χ0v) is 13.3. The van der Waals surface area contributed by atoms with Gasteiger partial charge in [0.05, 0.1) is 6.20 Å². The number of hydrogen-bond donors (Lipinski definition) is 1. The van der Waals surface area contributed by atoms with Crippen molar-refractivity contribution in [3.63, 3.8) is 0 Å². The Kier molecular flexibility index (Phi) is 5.90. The predicted molar refractivity (Wildman–Crippen MR) is 84.2 cm³/mol. The number of likely N-dealkylation sites (N-methyl/N-ethyl adjacent to an activating group) is 1. The third kappa shape index (κ3) is 4.62. The summed E-state index contributed by atoms with van der Waals surface area (Å²) >= 11 is 0. The number of piperazine rings is 1. The van der Waals surface area contributed by atoms with Crippen LogP contribution < -0.4 is 10.2 Å². The molecule has 1 aliphatic rings. The lowest BCUT2D eigenvalue weighted by molar-refractivity contribution is 0.229. The molecule has 0 saturated carbocycles. The summed E-state index contributed by atoms with van der Waals surface area (Å²) in [4.78, 5) is 11.2. The van der Waals surface area contributed by atoms with Crippen molar-refractivity contribution in [1.82, 2.24) is 20.1 Å². The second-order valence-corrected chi connectivity index (χ2v) is 5.80. The molecule has 1 fully saturated rings. The summed E-state index contributed by atoms with van der Waals surface area (Å²) in [6, 6.07) is 1.58. The number of anilines is 1. The van der Waals surface area contributed by atoms with Crippen molar-refractivity contribution in [2.45, 2.75) is 6.54 Å². The van der Waals surface area contributed by atoms with Gasteiger partial charge in [-0.15, -0.1) is 0 Å². The van der Waals surface area contributed by atoms with E-state index >= 15 is 0 Å². The van der Waals surface area contributed by atoms with Crippen LogP contribution in [0.15, 0.2) is 12.3 Å². The lowest BCUT2D eigenvalue weighted by Crippen LogP contribution is -2.48. The molecule has 1 aromatic heterocycles. The predicted octanol–water partition coefficient (Wildman–Crippen LogP) is 0.624. The second kappa shape index (κ2) is 7.68. The van der Waals surface area contributed by atoms with Crippen LogP contribution in [-0.4, -0.2) is 75.2 Å². The standard InChI is InChI=1S/C15H26FN5/c1-17-11-13-10-14(16)12-18-15(13)21-8-6-20(7-9-21)5-4-19(2)3/h10,12,17H,4-9,11H2,1-3H3. The lowest BCUT2D eigenvalue weighted by atomic mass is 10.2.